The Morgan fingerprint density at radius 2 is 1.86 bits per heavy atom. The van der Waals surface area contributed by atoms with Gasteiger partial charge < -0.3 is 10.2 Å². The van der Waals surface area contributed by atoms with Crippen LogP contribution < -0.4 is 5.32 Å². The molecule has 5 atom stereocenters. The third-order valence-corrected chi connectivity index (χ3v) is 5.83. The summed E-state index contributed by atoms with van der Waals surface area (Å²) in [5.74, 6) is 2.78. The van der Waals surface area contributed by atoms with E-state index in [1.54, 1.807) is 0 Å². The van der Waals surface area contributed by atoms with Crippen molar-refractivity contribution < 1.29 is 0 Å². The van der Waals surface area contributed by atoms with Gasteiger partial charge in [0.05, 0.1) is 0 Å². The molecule has 5 unspecified atom stereocenters. The van der Waals surface area contributed by atoms with Gasteiger partial charge in [0.2, 0.25) is 0 Å². The summed E-state index contributed by atoms with van der Waals surface area (Å²) in [6.07, 6.45) is 9.80. The Morgan fingerprint density at radius 3 is 2.48 bits per heavy atom. The van der Waals surface area contributed by atoms with Crippen molar-refractivity contribution in [1.82, 2.24) is 10.2 Å². The highest BCUT2D eigenvalue weighted by Gasteiger charge is 2.34. The van der Waals surface area contributed by atoms with Crippen molar-refractivity contribution in [3.05, 3.63) is 0 Å². The maximum atomic E-state index is 3.86. The summed E-state index contributed by atoms with van der Waals surface area (Å²) in [6.45, 7) is 13.4. The van der Waals surface area contributed by atoms with Crippen LogP contribution in [0.1, 0.15) is 72.6 Å². The summed E-state index contributed by atoms with van der Waals surface area (Å²) in [5.41, 5.74) is 0. The molecule has 21 heavy (non-hydrogen) atoms. The third-order valence-electron chi connectivity index (χ3n) is 5.83. The van der Waals surface area contributed by atoms with Gasteiger partial charge in [0, 0.05) is 25.2 Å². The molecule has 1 N–H and O–H groups in total. The van der Waals surface area contributed by atoms with E-state index < -0.39 is 0 Å². The number of likely N-dealkylation sites (tertiary alicyclic amines) is 1. The van der Waals surface area contributed by atoms with Gasteiger partial charge in [-0.3, -0.25) is 0 Å². The molecule has 0 radical (unpaired) electrons. The minimum atomic E-state index is 0.779. The van der Waals surface area contributed by atoms with Gasteiger partial charge in [-0.1, -0.05) is 33.6 Å². The molecule has 1 aliphatic heterocycles. The first kappa shape index (κ1) is 17.3. The molecule has 0 amide bonds. The van der Waals surface area contributed by atoms with E-state index in [0.29, 0.717) is 0 Å². The molecule has 124 valence electrons. The van der Waals surface area contributed by atoms with Gasteiger partial charge in [-0.2, -0.15) is 0 Å². The minimum absolute atomic E-state index is 0.779. The van der Waals surface area contributed by atoms with Gasteiger partial charge in [-0.15, -0.1) is 0 Å². The number of hydrogen-bond acceptors (Lipinski definition) is 2. The number of nitrogens with zero attached hydrogens (tertiary/aromatic N) is 1. The standard InChI is InChI=1S/C19H38N2/c1-5-7-17-8-9-19(20-10-6-2)18(12-17)14-21-13-15(3)11-16(21)4/h15-20H,5-14H2,1-4H3. The molecule has 1 saturated heterocycles. The summed E-state index contributed by atoms with van der Waals surface area (Å²) < 4.78 is 0. The predicted octanol–water partition coefficient (Wildman–Crippen LogP) is 4.30. The average Bonchev–Trinajstić information content (AvgIpc) is 2.76. The highest BCUT2D eigenvalue weighted by Crippen LogP contribution is 2.34. The van der Waals surface area contributed by atoms with Gasteiger partial charge in [0.1, 0.15) is 0 Å². The molecule has 0 aromatic heterocycles. The fourth-order valence-corrected chi connectivity index (χ4v) is 4.77. The smallest absolute Gasteiger partial charge is 0.0108 e. The van der Waals surface area contributed by atoms with Gasteiger partial charge in [0.15, 0.2) is 0 Å². The molecule has 2 fully saturated rings. The van der Waals surface area contributed by atoms with Crippen molar-refractivity contribution in [2.24, 2.45) is 17.8 Å². The summed E-state index contributed by atoms with van der Waals surface area (Å²) in [4.78, 5) is 2.78. The molecule has 1 aliphatic carbocycles. The van der Waals surface area contributed by atoms with Gasteiger partial charge >= 0.3 is 0 Å². The average molecular weight is 295 g/mol. The van der Waals surface area contributed by atoms with E-state index in [2.05, 4.69) is 37.9 Å². The second kappa shape index (κ2) is 8.53. The van der Waals surface area contributed by atoms with Crippen LogP contribution in [0, 0.1) is 17.8 Å². The normalized spacial score (nSPS) is 38.0. The Morgan fingerprint density at radius 1 is 1.05 bits per heavy atom. The van der Waals surface area contributed by atoms with Crippen LogP contribution in [0.15, 0.2) is 0 Å². The van der Waals surface area contributed by atoms with Crippen molar-refractivity contribution in [2.45, 2.75) is 84.7 Å². The van der Waals surface area contributed by atoms with Crippen LogP contribution in [-0.4, -0.2) is 36.6 Å². The van der Waals surface area contributed by atoms with Gasteiger partial charge in [-0.05, 0) is 63.3 Å². The van der Waals surface area contributed by atoms with Crippen molar-refractivity contribution in [3.63, 3.8) is 0 Å². The van der Waals surface area contributed by atoms with E-state index in [-0.39, 0.29) is 0 Å². The zero-order valence-corrected chi connectivity index (χ0v) is 14.9. The van der Waals surface area contributed by atoms with E-state index >= 15 is 0 Å². The van der Waals surface area contributed by atoms with Crippen LogP contribution in [0.25, 0.3) is 0 Å². The maximum absolute atomic E-state index is 3.86. The van der Waals surface area contributed by atoms with E-state index in [1.165, 1.54) is 64.6 Å². The van der Waals surface area contributed by atoms with Crippen LogP contribution in [0.5, 0.6) is 0 Å². The molecular weight excluding hydrogens is 256 g/mol. The summed E-state index contributed by atoms with van der Waals surface area (Å²) >= 11 is 0. The molecule has 2 rings (SSSR count). The molecule has 1 heterocycles. The van der Waals surface area contributed by atoms with Crippen LogP contribution in [0.2, 0.25) is 0 Å². The lowest BCUT2D eigenvalue weighted by molar-refractivity contribution is 0.131. The SMILES string of the molecule is CCCNC1CCC(CCC)CC1CN1CC(C)CC1C. The molecule has 2 aliphatic rings. The number of nitrogens with one attached hydrogen (secondary N) is 1. The fourth-order valence-electron chi connectivity index (χ4n) is 4.77. The molecule has 0 aromatic carbocycles. The quantitative estimate of drug-likeness (QED) is 0.753. The van der Waals surface area contributed by atoms with E-state index in [9.17, 15) is 0 Å². The monoisotopic (exact) mass is 294 g/mol. The van der Waals surface area contributed by atoms with Crippen LogP contribution in [0.3, 0.4) is 0 Å². The topological polar surface area (TPSA) is 15.3 Å². The first-order valence-corrected chi connectivity index (χ1v) is 9.61. The number of rotatable bonds is 7. The predicted molar refractivity (Wildman–Crippen MR) is 92.6 cm³/mol. The highest BCUT2D eigenvalue weighted by molar-refractivity contribution is 4.89. The lowest BCUT2D eigenvalue weighted by Crippen LogP contribution is -2.46. The molecular formula is C19H38N2. The Balaban J connectivity index is 1.92. The molecule has 0 aromatic rings. The first-order chi connectivity index (χ1) is 10.1. The Hall–Kier alpha value is -0.0800. The Kier molecular flexibility index (Phi) is 7.01. The molecule has 0 bridgehead atoms. The zero-order valence-electron chi connectivity index (χ0n) is 14.9. The van der Waals surface area contributed by atoms with Crippen molar-refractivity contribution in [2.75, 3.05) is 19.6 Å². The lowest BCUT2D eigenvalue weighted by atomic mass is 9.76. The third kappa shape index (κ3) is 4.96. The largest absolute Gasteiger partial charge is 0.314 e. The lowest BCUT2D eigenvalue weighted by Gasteiger charge is -2.39. The minimum Gasteiger partial charge on any atom is -0.314 e. The van der Waals surface area contributed by atoms with Gasteiger partial charge in [0.25, 0.3) is 0 Å². The highest BCUT2D eigenvalue weighted by atomic mass is 15.2. The van der Waals surface area contributed by atoms with E-state index in [0.717, 1.165) is 29.8 Å². The maximum Gasteiger partial charge on any atom is 0.0108 e. The van der Waals surface area contributed by atoms with Crippen molar-refractivity contribution in [3.8, 4) is 0 Å². The molecule has 2 heteroatoms. The summed E-state index contributed by atoms with van der Waals surface area (Å²) in [6, 6.07) is 1.58. The zero-order chi connectivity index (χ0) is 15.2. The van der Waals surface area contributed by atoms with Crippen molar-refractivity contribution in [1.29, 1.82) is 0 Å². The fraction of sp³-hybridized carbons (Fsp3) is 1.00. The Labute approximate surface area is 133 Å². The molecule has 0 spiro atoms. The summed E-state index contributed by atoms with van der Waals surface area (Å²) in [5, 5.41) is 3.86. The van der Waals surface area contributed by atoms with Gasteiger partial charge in [-0.25, -0.2) is 0 Å². The van der Waals surface area contributed by atoms with Crippen LogP contribution in [-0.2, 0) is 0 Å². The molecule has 1 saturated carbocycles. The second-order valence-corrected chi connectivity index (χ2v) is 7.93. The van der Waals surface area contributed by atoms with Crippen LogP contribution in [0.4, 0.5) is 0 Å². The van der Waals surface area contributed by atoms with E-state index in [4.69, 9.17) is 0 Å². The first-order valence-electron chi connectivity index (χ1n) is 9.61. The molecule has 2 nitrogen and oxygen atoms in total. The van der Waals surface area contributed by atoms with E-state index in [1.807, 2.05) is 0 Å². The number of hydrogen-bond donors (Lipinski definition) is 1. The second-order valence-electron chi connectivity index (χ2n) is 7.93. The van der Waals surface area contributed by atoms with Crippen molar-refractivity contribution >= 4 is 0 Å². The Bertz CT molecular complexity index is 291. The summed E-state index contributed by atoms with van der Waals surface area (Å²) in [7, 11) is 0. The van der Waals surface area contributed by atoms with Crippen LogP contribution >= 0.6 is 0 Å².